The fourth-order valence-electron chi connectivity index (χ4n) is 3.07. The van der Waals surface area contributed by atoms with E-state index >= 15 is 0 Å². The minimum atomic E-state index is 0. The maximum absolute atomic E-state index is 12.2. The van der Waals surface area contributed by atoms with Crippen molar-refractivity contribution >= 4 is 18.3 Å². The minimum absolute atomic E-state index is 0. The third kappa shape index (κ3) is 4.93. The highest BCUT2D eigenvalue weighted by molar-refractivity contribution is 5.85. The Balaban J connectivity index is 0.00000180. The van der Waals surface area contributed by atoms with Gasteiger partial charge in [0.05, 0.1) is 0 Å². The van der Waals surface area contributed by atoms with E-state index in [4.69, 9.17) is 10.5 Å². The number of halogens is 1. The molecule has 1 heterocycles. The lowest BCUT2D eigenvalue weighted by Crippen LogP contribution is -2.34. The summed E-state index contributed by atoms with van der Waals surface area (Å²) in [6.07, 6.45) is 6.27. The van der Waals surface area contributed by atoms with Gasteiger partial charge in [-0.05, 0) is 44.4 Å². The van der Waals surface area contributed by atoms with Crippen molar-refractivity contribution in [2.24, 2.45) is 17.6 Å². The molecule has 0 spiro atoms. The first-order valence-electron chi connectivity index (χ1n) is 7.25. The van der Waals surface area contributed by atoms with Crippen LogP contribution in [0.3, 0.4) is 0 Å². The molecule has 1 amide bonds. The summed E-state index contributed by atoms with van der Waals surface area (Å²) in [4.78, 5) is 14.1. The fraction of sp³-hybridized carbons (Fsp3) is 0.929. The molecule has 1 saturated carbocycles. The molecule has 2 aliphatic rings. The molecule has 2 rings (SSSR count). The van der Waals surface area contributed by atoms with E-state index in [2.05, 4.69) is 0 Å². The molecule has 1 aliphatic heterocycles. The summed E-state index contributed by atoms with van der Waals surface area (Å²) >= 11 is 0. The zero-order valence-electron chi connectivity index (χ0n) is 11.8. The Morgan fingerprint density at radius 1 is 1.26 bits per heavy atom. The normalized spacial score (nSPS) is 27.9. The molecule has 112 valence electrons. The van der Waals surface area contributed by atoms with Crippen LogP contribution in [0.5, 0.6) is 0 Å². The molecule has 1 saturated heterocycles. The lowest BCUT2D eigenvalue weighted by molar-refractivity contribution is -0.134. The standard InChI is InChI=1S/C14H26N2O2.ClH/c1-16(7-4-11-5-8-18-9-6-11)14(17)12-2-3-13(15)10-12;/h11-13H,2-10,15H2,1H3;1H. The molecular weight excluding hydrogens is 264 g/mol. The van der Waals surface area contributed by atoms with Gasteiger partial charge >= 0.3 is 0 Å². The van der Waals surface area contributed by atoms with Crippen molar-refractivity contribution < 1.29 is 9.53 Å². The first kappa shape index (κ1) is 16.7. The van der Waals surface area contributed by atoms with Gasteiger partial charge in [0.2, 0.25) is 5.91 Å². The van der Waals surface area contributed by atoms with Gasteiger partial charge in [0.1, 0.15) is 0 Å². The summed E-state index contributed by atoms with van der Waals surface area (Å²) < 4.78 is 5.35. The Labute approximate surface area is 122 Å². The fourth-order valence-corrected chi connectivity index (χ4v) is 3.07. The van der Waals surface area contributed by atoms with Crippen LogP contribution in [0, 0.1) is 11.8 Å². The van der Waals surface area contributed by atoms with Crippen LogP contribution < -0.4 is 5.73 Å². The van der Waals surface area contributed by atoms with E-state index in [9.17, 15) is 4.79 Å². The first-order chi connectivity index (χ1) is 8.66. The number of nitrogens with two attached hydrogens (primary N) is 1. The van der Waals surface area contributed by atoms with Crippen molar-refractivity contribution in [3.05, 3.63) is 0 Å². The smallest absolute Gasteiger partial charge is 0.225 e. The van der Waals surface area contributed by atoms with Crippen molar-refractivity contribution in [3.8, 4) is 0 Å². The van der Waals surface area contributed by atoms with E-state index < -0.39 is 0 Å². The van der Waals surface area contributed by atoms with Gasteiger partial charge in [0.15, 0.2) is 0 Å². The van der Waals surface area contributed by atoms with Crippen LogP contribution in [0.1, 0.15) is 38.5 Å². The van der Waals surface area contributed by atoms with E-state index in [1.54, 1.807) is 0 Å². The Hall–Kier alpha value is -0.320. The van der Waals surface area contributed by atoms with Crippen LogP contribution in [0.15, 0.2) is 0 Å². The van der Waals surface area contributed by atoms with Crippen LogP contribution in [-0.2, 0) is 9.53 Å². The molecule has 1 aliphatic carbocycles. The molecular formula is C14H27ClN2O2. The Morgan fingerprint density at radius 2 is 1.95 bits per heavy atom. The number of carbonyl (C=O) groups excluding carboxylic acids is 1. The summed E-state index contributed by atoms with van der Waals surface area (Å²) in [5, 5.41) is 0. The summed E-state index contributed by atoms with van der Waals surface area (Å²) in [6, 6.07) is 0.239. The van der Waals surface area contributed by atoms with E-state index in [1.165, 1.54) is 0 Å². The molecule has 0 aromatic heterocycles. The highest BCUT2D eigenvalue weighted by atomic mass is 35.5. The van der Waals surface area contributed by atoms with Gasteiger partial charge in [0.25, 0.3) is 0 Å². The summed E-state index contributed by atoms with van der Waals surface area (Å²) in [7, 11) is 1.94. The lowest BCUT2D eigenvalue weighted by Gasteiger charge is -2.26. The molecule has 5 heteroatoms. The molecule has 0 bridgehead atoms. The number of ether oxygens (including phenoxy) is 1. The second-order valence-electron chi connectivity index (χ2n) is 5.87. The molecule has 0 aromatic rings. The maximum Gasteiger partial charge on any atom is 0.225 e. The van der Waals surface area contributed by atoms with Gasteiger partial charge in [-0.3, -0.25) is 4.79 Å². The number of hydrogen-bond donors (Lipinski definition) is 1. The summed E-state index contributed by atoms with van der Waals surface area (Å²) in [6.45, 7) is 2.66. The third-order valence-corrected chi connectivity index (χ3v) is 4.41. The highest BCUT2D eigenvalue weighted by Gasteiger charge is 2.29. The maximum atomic E-state index is 12.2. The molecule has 2 unspecified atom stereocenters. The van der Waals surface area contributed by atoms with Crippen molar-refractivity contribution in [1.82, 2.24) is 4.90 Å². The van der Waals surface area contributed by atoms with E-state index in [0.29, 0.717) is 5.91 Å². The first-order valence-corrected chi connectivity index (χ1v) is 7.25. The van der Waals surface area contributed by atoms with Crippen LogP contribution in [-0.4, -0.2) is 43.7 Å². The lowest BCUT2D eigenvalue weighted by atomic mass is 9.96. The zero-order chi connectivity index (χ0) is 13.0. The van der Waals surface area contributed by atoms with E-state index in [0.717, 1.165) is 64.2 Å². The van der Waals surface area contributed by atoms with Gasteiger partial charge in [0, 0.05) is 38.8 Å². The average Bonchev–Trinajstić information content (AvgIpc) is 2.83. The monoisotopic (exact) mass is 290 g/mol. The molecule has 2 N–H and O–H groups in total. The summed E-state index contributed by atoms with van der Waals surface area (Å²) in [5.41, 5.74) is 5.87. The highest BCUT2D eigenvalue weighted by Crippen LogP contribution is 2.26. The number of carbonyl (C=O) groups is 1. The van der Waals surface area contributed by atoms with Crippen molar-refractivity contribution in [3.63, 3.8) is 0 Å². The predicted molar refractivity (Wildman–Crippen MR) is 78.4 cm³/mol. The van der Waals surface area contributed by atoms with Crippen LogP contribution in [0.2, 0.25) is 0 Å². The second-order valence-corrected chi connectivity index (χ2v) is 5.87. The van der Waals surface area contributed by atoms with Gasteiger partial charge in [-0.15, -0.1) is 12.4 Å². The largest absolute Gasteiger partial charge is 0.381 e. The van der Waals surface area contributed by atoms with E-state index in [-0.39, 0.29) is 24.4 Å². The SMILES string of the molecule is CN(CCC1CCOCC1)C(=O)C1CCC(N)C1.Cl. The topological polar surface area (TPSA) is 55.6 Å². The Kier molecular flexibility index (Phi) is 7.11. The van der Waals surface area contributed by atoms with Gasteiger partial charge < -0.3 is 15.4 Å². The van der Waals surface area contributed by atoms with Gasteiger partial charge in [-0.25, -0.2) is 0 Å². The summed E-state index contributed by atoms with van der Waals surface area (Å²) in [5.74, 6) is 1.22. The predicted octanol–water partition coefficient (Wildman–Crippen LogP) is 1.81. The van der Waals surface area contributed by atoms with Crippen molar-refractivity contribution in [2.45, 2.75) is 44.6 Å². The number of hydrogen-bond acceptors (Lipinski definition) is 3. The second kappa shape index (κ2) is 8.08. The van der Waals surface area contributed by atoms with Crippen molar-refractivity contribution in [1.29, 1.82) is 0 Å². The van der Waals surface area contributed by atoms with Crippen LogP contribution in [0.4, 0.5) is 0 Å². The quantitative estimate of drug-likeness (QED) is 0.859. The molecule has 2 atom stereocenters. The van der Waals surface area contributed by atoms with Crippen LogP contribution >= 0.6 is 12.4 Å². The number of amides is 1. The molecule has 4 nitrogen and oxygen atoms in total. The average molecular weight is 291 g/mol. The Morgan fingerprint density at radius 3 is 2.53 bits per heavy atom. The van der Waals surface area contributed by atoms with Gasteiger partial charge in [-0.1, -0.05) is 0 Å². The van der Waals surface area contributed by atoms with E-state index in [1.807, 2.05) is 11.9 Å². The minimum Gasteiger partial charge on any atom is -0.381 e. The number of rotatable bonds is 4. The molecule has 0 aromatic carbocycles. The van der Waals surface area contributed by atoms with Crippen LogP contribution in [0.25, 0.3) is 0 Å². The van der Waals surface area contributed by atoms with Crippen molar-refractivity contribution in [2.75, 3.05) is 26.8 Å². The Bertz CT molecular complexity index is 283. The van der Waals surface area contributed by atoms with Gasteiger partial charge in [-0.2, -0.15) is 0 Å². The molecule has 0 radical (unpaired) electrons. The molecule has 19 heavy (non-hydrogen) atoms. The number of nitrogens with zero attached hydrogens (tertiary/aromatic N) is 1. The molecule has 2 fully saturated rings. The third-order valence-electron chi connectivity index (χ3n) is 4.41. The zero-order valence-corrected chi connectivity index (χ0v) is 12.7.